The van der Waals surface area contributed by atoms with Crippen LogP contribution in [0, 0.1) is 0 Å². The van der Waals surface area contributed by atoms with E-state index in [0.29, 0.717) is 0 Å². The summed E-state index contributed by atoms with van der Waals surface area (Å²) in [5.74, 6) is 0. The number of nitrogens with one attached hydrogen (secondary N) is 1. The first-order chi connectivity index (χ1) is 5.20. The molecule has 1 heterocycles. The summed E-state index contributed by atoms with van der Waals surface area (Å²) >= 11 is 0. The van der Waals surface area contributed by atoms with Crippen LogP contribution < -0.4 is 5.43 Å². The molecule has 11 heavy (non-hydrogen) atoms. The number of hydrogen-bond acceptors (Lipinski definition) is 2. The van der Waals surface area contributed by atoms with Crippen LogP contribution in [0.5, 0.6) is 0 Å². The summed E-state index contributed by atoms with van der Waals surface area (Å²) in [5.41, 5.74) is 4.49. The molecule has 0 saturated heterocycles. The van der Waals surface area contributed by atoms with Crippen LogP contribution in [0.4, 0.5) is 0 Å². The van der Waals surface area contributed by atoms with Gasteiger partial charge in [0.25, 0.3) is 0 Å². The van der Waals surface area contributed by atoms with Gasteiger partial charge in [-0.05, 0) is 12.1 Å². The van der Waals surface area contributed by atoms with Crippen molar-refractivity contribution in [3.8, 4) is 0 Å². The van der Waals surface area contributed by atoms with Crippen LogP contribution >= 0.6 is 0 Å². The van der Waals surface area contributed by atoms with Crippen molar-refractivity contribution >= 4 is 0 Å². The number of hydrogen-bond donors (Lipinski definition) is 1. The summed E-state index contributed by atoms with van der Waals surface area (Å²) in [6.45, 7) is 0.885. The van der Waals surface area contributed by atoms with Crippen molar-refractivity contribution < 1.29 is 0 Å². The molecule has 3 nitrogen and oxygen atoms in total. The molecular formula is C8H15N3. The molecule has 3 heteroatoms. The lowest BCUT2D eigenvalue weighted by atomic mass is 10.4. The standard InChI is InChI=1S/C8H15N3/c1-10(2)9-7-8-5-4-6-11(8)3/h4-6,9H,7H2,1-3H3. The summed E-state index contributed by atoms with van der Waals surface area (Å²) in [5, 5.41) is 1.95. The summed E-state index contributed by atoms with van der Waals surface area (Å²) in [6, 6.07) is 4.16. The second-order valence-electron chi connectivity index (χ2n) is 2.84. The van der Waals surface area contributed by atoms with Gasteiger partial charge in [-0.15, -0.1) is 0 Å². The normalized spacial score (nSPS) is 10.9. The number of rotatable bonds is 3. The van der Waals surface area contributed by atoms with Gasteiger partial charge in [0.1, 0.15) is 0 Å². The Bertz CT molecular complexity index is 215. The van der Waals surface area contributed by atoms with E-state index in [-0.39, 0.29) is 0 Å². The molecule has 0 unspecified atom stereocenters. The first-order valence-corrected chi connectivity index (χ1v) is 3.71. The molecule has 0 fully saturated rings. The molecule has 62 valence electrons. The maximum absolute atomic E-state index is 3.20. The fraction of sp³-hybridized carbons (Fsp3) is 0.500. The van der Waals surface area contributed by atoms with Crippen LogP contribution in [0.3, 0.4) is 0 Å². The Morgan fingerprint density at radius 1 is 1.55 bits per heavy atom. The van der Waals surface area contributed by atoms with Crippen LogP contribution in [0.2, 0.25) is 0 Å². The molecule has 0 amide bonds. The highest BCUT2D eigenvalue weighted by atomic mass is 15.5. The molecule has 0 radical (unpaired) electrons. The van der Waals surface area contributed by atoms with E-state index in [1.165, 1.54) is 5.69 Å². The highest BCUT2D eigenvalue weighted by Crippen LogP contribution is 1.97. The zero-order valence-corrected chi connectivity index (χ0v) is 7.33. The zero-order valence-electron chi connectivity index (χ0n) is 7.33. The van der Waals surface area contributed by atoms with Gasteiger partial charge in [-0.25, -0.2) is 5.43 Å². The third kappa shape index (κ3) is 2.37. The van der Waals surface area contributed by atoms with Crippen molar-refractivity contribution in [2.24, 2.45) is 7.05 Å². The Kier molecular flexibility index (Phi) is 2.68. The number of hydrazine groups is 1. The van der Waals surface area contributed by atoms with Crippen molar-refractivity contribution in [2.45, 2.75) is 6.54 Å². The predicted molar refractivity (Wildman–Crippen MR) is 45.9 cm³/mol. The first kappa shape index (κ1) is 8.30. The number of aryl methyl sites for hydroxylation is 1. The minimum Gasteiger partial charge on any atom is -0.353 e. The van der Waals surface area contributed by atoms with Crippen molar-refractivity contribution in [3.05, 3.63) is 24.0 Å². The van der Waals surface area contributed by atoms with E-state index in [2.05, 4.69) is 16.1 Å². The molecular weight excluding hydrogens is 138 g/mol. The Hall–Kier alpha value is -0.800. The van der Waals surface area contributed by atoms with Gasteiger partial charge in [0.05, 0.1) is 6.54 Å². The lowest BCUT2D eigenvalue weighted by Crippen LogP contribution is -2.30. The fourth-order valence-corrected chi connectivity index (χ4v) is 0.919. The van der Waals surface area contributed by atoms with E-state index < -0.39 is 0 Å². The van der Waals surface area contributed by atoms with Gasteiger partial charge in [-0.2, -0.15) is 0 Å². The second-order valence-corrected chi connectivity index (χ2v) is 2.84. The van der Waals surface area contributed by atoms with E-state index in [0.717, 1.165) is 6.54 Å². The minimum atomic E-state index is 0.885. The van der Waals surface area contributed by atoms with Crippen LogP contribution in [0.25, 0.3) is 0 Å². The van der Waals surface area contributed by atoms with Crippen molar-refractivity contribution in [3.63, 3.8) is 0 Å². The van der Waals surface area contributed by atoms with Crippen molar-refractivity contribution in [1.82, 2.24) is 15.0 Å². The fourth-order valence-electron chi connectivity index (χ4n) is 0.919. The Balaban J connectivity index is 2.44. The van der Waals surface area contributed by atoms with Crippen molar-refractivity contribution in [1.29, 1.82) is 0 Å². The molecule has 0 atom stereocenters. The maximum Gasteiger partial charge on any atom is 0.0506 e. The summed E-state index contributed by atoms with van der Waals surface area (Å²) < 4.78 is 2.11. The highest BCUT2D eigenvalue weighted by Gasteiger charge is 1.95. The minimum absolute atomic E-state index is 0.885. The molecule has 1 aromatic heterocycles. The molecule has 1 aromatic rings. The lowest BCUT2D eigenvalue weighted by molar-refractivity contribution is 0.282. The zero-order chi connectivity index (χ0) is 8.27. The molecule has 0 bridgehead atoms. The highest BCUT2D eigenvalue weighted by molar-refractivity contribution is 5.05. The number of nitrogens with zero attached hydrogens (tertiary/aromatic N) is 2. The van der Waals surface area contributed by atoms with E-state index in [9.17, 15) is 0 Å². The summed E-state index contributed by atoms with van der Waals surface area (Å²) in [6.07, 6.45) is 2.05. The first-order valence-electron chi connectivity index (χ1n) is 3.71. The van der Waals surface area contributed by atoms with Gasteiger partial charge in [0, 0.05) is 33.0 Å². The van der Waals surface area contributed by atoms with E-state index in [1.807, 2.05) is 38.4 Å². The van der Waals surface area contributed by atoms with E-state index in [4.69, 9.17) is 0 Å². The largest absolute Gasteiger partial charge is 0.353 e. The van der Waals surface area contributed by atoms with Gasteiger partial charge >= 0.3 is 0 Å². The Morgan fingerprint density at radius 2 is 2.27 bits per heavy atom. The molecule has 1 rings (SSSR count). The Morgan fingerprint density at radius 3 is 2.73 bits per heavy atom. The van der Waals surface area contributed by atoms with Gasteiger partial charge in [-0.1, -0.05) is 0 Å². The van der Waals surface area contributed by atoms with E-state index >= 15 is 0 Å². The van der Waals surface area contributed by atoms with E-state index in [1.54, 1.807) is 0 Å². The van der Waals surface area contributed by atoms with Crippen LogP contribution in [-0.2, 0) is 13.6 Å². The van der Waals surface area contributed by atoms with Gasteiger partial charge < -0.3 is 4.57 Å². The molecule has 0 spiro atoms. The second kappa shape index (κ2) is 3.55. The summed E-state index contributed by atoms with van der Waals surface area (Å²) in [7, 11) is 6.03. The van der Waals surface area contributed by atoms with Crippen molar-refractivity contribution in [2.75, 3.05) is 14.1 Å². The smallest absolute Gasteiger partial charge is 0.0506 e. The third-order valence-corrected chi connectivity index (χ3v) is 1.63. The molecule has 0 saturated carbocycles. The lowest BCUT2D eigenvalue weighted by Gasteiger charge is -2.11. The SMILES string of the molecule is CN(C)NCc1cccn1C. The topological polar surface area (TPSA) is 20.2 Å². The van der Waals surface area contributed by atoms with Gasteiger partial charge in [0.15, 0.2) is 0 Å². The molecule has 0 aliphatic heterocycles. The number of aromatic nitrogens is 1. The molecule has 0 aromatic carbocycles. The quantitative estimate of drug-likeness (QED) is 0.641. The average Bonchev–Trinajstić information content (AvgIpc) is 2.31. The van der Waals surface area contributed by atoms with Gasteiger partial charge in [-0.3, -0.25) is 5.01 Å². The van der Waals surface area contributed by atoms with Crippen LogP contribution in [-0.4, -0.2) is 23.7 Å². The molecule has 0 aliphatic rings. The van der Waals surface area contributed by atoms with Crippen LogP contribution in [0.15, 0.2) is 18.3 Å². The third-order valence-electron chi connectivity index (χ3n) is 1.63. The monoisotopic (exact) mass is 153 g/mol. The molecule has 0 aliphatic carbocycles. The Labute approximate surface area is 67.6 Å². The maximum atomic E-state index is 3.20. The van der Waals surface area contributed by atoms with Crippen LogP contribution in [0.1, 0.15) is 5.69 Å². The summed E-state index contributed by atoms with van der Waals surface area (Å²) in [4.78, 5) is 0. The van der Waals surface area contributed by atoms with Gasteiger partial charge in [0.2, 0.25) is 0 Å². The average molecular weight is 153 g/mol. The molecule has 1 N–H and O–H groups in total. The predicted octanol–water partition coefficient (Wildman–Crippen LogP) is 0.591.